The maximum absolute atomic E-state index is 12.3. The van der Waals surface area contributed by atoms with Gasteiger partial charge in [0.05, 0.1) is 13.2 Å². The number of carbonyl (C=O) groups is 1. The largest absolute Gasteiger partial charge is 0.497 e. The fourth-order valence-electron chi connectivity index (χ4n) is 2.64. The Kier molecular flexibility index (Phi) is 4.84. The number of aliphatic hydroxyl groups is 1. The van der Waals surface area contributed by atoms with E-state index in [9.17, 15) is 9.90 Å². The van der Waals surface area contributed by atoms with Gasteiger partial charge in [-0.25, -0.2) is 4.79 Å². The maximum Gasteiger partial charge on any atom is 0.322 e. The quantitative estimate of drug-likeness (QED) is 0.889. The molecule has 2 unspecified atom stereocenters. The van der Waals surface area contributed by atoms with Gasteiger partial charge in [0, 0.05) is 24.3 Å². The number of likely N-dealkylation sites (tertiary alicyclic amines) is 1. The van der Waals surface area contributed by atoms with Crippen LogP contribution in [0.15, 0.2) is 24.3 Å². The van der Waals surface area contributed by atoms with Crippen LogP contribution in [0.3, 0.4) is 0 Å². The zero-order valence-corrected chi connectivity index (χ0v) is 12.0. The van der Waals surface area contributed by atoms with Gasteiger partial charge in [0.1, 0.15) is 5.75 Å². The molecule has 0 saturated carbocycles. The van der Waals surface area contributed by atoms with Crippen LogP contribution in [0.2, 0.25) is 0 Å². The molecule has 5 nitrogen and oxygen atoms in total. The van der Waals surface area contributed by atoms with Crippen LogP contribution < -0.4 is 10.1 Å². The zero-order valence-electron chi connectivity index (χ0n) is 12.0. The average molecular weight is 278 g/mol. The van der Waals surface area contributed by atoms with Crippen molar-refractivity contribution < 1.29 is 14.6 Å². The molecule has 1 saturated heterocycles. The number of anilines is 1. The zero-order chi connectivity index (χ0) is 14.5. The molecule has 0 spiro atoms. The number of urea groups is 1. The number of benzene rings is 1. The van der Waals surface area contributed by atoms with E-state index in [0.29, 0.717) is 12.2 Å². The highest BCUT2D eigenvalue weighted by Gasteiger charge is 2.29. The first-order valence-electron chi connectivity index (χ1n) is 7.00. The molecule has 2 rings (SSSR count). The van der Waals surface area contributed by atoms with E-state index in [1.807, 2.05) is 23.1 Å². The van der Waals surface area contributed by atoms with Crippen LogP contribution in [-0.2, 0) is 0 Å². The van der Waals surface area contributed by atoms with Crippen molar-refractivity contribution in [1.82, 2.24) is 4.90 Å². The second-order valence-electron chi connectivity index (χ2n) is 5.24. The maximum atomic E-state index is 12.3. The second-order valence-corrected chi connectivity index (χ2v) is 5.24. The normalized spacial score (nSPS) is 19.8. The molecule has 110 valence electrons. The van der Waals surface area contributed by atoms with Gasteiger partial charge in [-0.3, -0.25) is 0 Å². The minimum absolute atomic E-state index is 0.110. The third-order valence-corrected chi connectivity index (χ3v) is 3.57. The smallest absolute Gasteiger partial charge is 0.322 e. The third kappa shape index (κ3) is 3.63. The van der Waals surface area contributed by atoms with Crippen LogP contribution >= 0.6 is 0 Å². The van der Waals surface area contributed by atoms with Gasteiger partial charge in [0.2, 0.25) is 0 Å². The Labute approximate surface area is 119 Å². The molecule has 2 atom stereocenters. The van der Waals surface area contributed by atoms with E-state index in [4.69, 9.17) is 4.74 Å². The highest BCUT2D eigenvalue weighted by molar-refractivity contribution is 5.89. The molecule has 2 amide bonds. The molecular formula is C15H22N2O3. The molecule has 0 aromatic heterocycles. The van der Waals surface area contributed by atoms with Crippen molar-refractivity contribution in [3.8, 4) is 5.75 Å². The summed E-state index contributed by atoms with van der Waals surface area (Å²) in [7, 11) is 1.60. The summed E-state index contributed by atoms with van der Waals surface area (Å²) in [6, 6.07) is 7.31. The fraction of sp³-hybridized carbons (Fsp3) is 0.533. The lowest BCUT2D eigenvalue weighted by atomic mass is 10.1. The lowest BCUT2D eigenvalue weighted by molar-refractivity contribution is 0.142. The van der Waals surface area contributed by atoms with Crippen LogP contribution in [0.4, 0.5) is 10.5 Å². The number of ether oxygens (including phenoxy) is 1. The standard InChI is InChI=1S/C15H22N2O3/c1-11(18)9-13-6-4-8-17(13)15(19)16-12-5-3-7-14(10-12)20-2/h3,5,7,10-11,13,18H,4,6,8-9H2,1-2H3,(H,16,19). The summed E-state index contributed by atoms with van der Waals surface area (Å²) in [5.74, 6) is 0.713. The van der Waals surface area contributed by atoms with E-state index in [-0.39, 0.29) is 18.2 Å². The van der Waals surface area contributed by atoms with Crippen molar-refractivity contribution in [2.75, 3.05) is 19.0 Å². The van der Waals surface area contributed by atoms with Crippen molar-refractivity contribution in [3.05, 3.63) is 24.3 Å². The van der Waals surface area contributed by atoms with Gasteiger partial charge in [-0.1, -0.05) is 6.07 Å². The number of nitrogens with zero attached hydrogens (tertiary/aromatic N) is 1. The van der Waals surface area contributed by atoms with Gasteiger partial charge in [0.25, 0.3) is 0 Å². The Balaban J connectivity index is 1.99. The lowest BCUT2D eigenvalue weighted by Gasteiger charge is -2.26. The van der Waals surface area contributed by atoms with E-state index >= 15 is 0 Å². The van der Waals surface area contributed by atoms with Crippen molar-refractivity contribution in [2.24, 2.45) is 0 Å². The first-order valence-corrected chi connectivity index (χ1v) is 7.00. The van der Waals surface area contributed by atoms with Crippen LogP contribution in [0.1, 0.15) is 26.2 Å². The Morgan fingerprint density at radius 2 is 2.40 bits per heavy atom. The number of carbonyl (C=O) groups excluding carboxylic acids is 1. The molecule has 2 N–H and O–H groups in total. The van der Waals surface area contributed by atoms with E-state index in [1.165, 1.54) is 0 Å². The molecular weight excluding hydrogens is 256 g/mol. The van der Waals surface area contributed by atoms with Crippen molar-refractivity contribution in [3.63, 3.8) is 0 Å². The summed E-state index contributed by atoms with van der Waals surface area (Å²) < 4.78 is 5.14. The topological polar surface area (TPSA) is 61.8 Å². The summed E-state index contributed by atoms with van der Waals surface area (Å²) in [5, 5.41) is 12.4. The molecule has 20 heavy (non-hydrogen) atoms. The first kappa shape index (κ1) is 14.7. The molecule has 1 fully saturated rings. The molecule has 1 aliphatic rings. The summed E-state index contributed by atoms with van der Waals surface area (Å²) in [6.07, 6.45) is 2.19. The molecule has 0 radical (unpaired) electrons. The molecule has 0 aliphatic carbocycles. The van der Waals surface area contributed by atoms with E-state index in [1.54, 1.807) is 20.1 Å². The van der Waals surface area contributed by atoms with Crippen molar-refractivity contribution in [1.29, 1.82) is 0 Å². The van der Waals surface area contributed by atoms with E-state index in [2.05, 4.69) is 5.32 Å². The number of nitrogens with one attached hydrogen (secondary N) is 1. The summed E-state index contributed by atoms with van der Waals surface area (Å²) in [6.45, 7) is 2.50. The molecule has 1 heterocycles. The summed E-state index contributed by atoms with van der Waals surface area (Å²) in [4.78, 5) is 14.1. The van der Waals surface area contributed by atoms with Gasteiger partial charge in [-0.05, 0) is 38.3 Å². The second kappa shape index (κ2) is 6.61. The highest BCUT2D eigenvalue weighted by atomic mass is 16.5. The van der Waals surface area contributed by atoms with Crippen LogP contribution in [0.25, 0.3) is 0 Å². The fourth-order valence-corrected chi connectivity index (χ4v) is 2.64. The van der Waals surface area contributed by atoms with E-state index < -0.39 is 0 Å². The molecule has 0 bridgehead atoms. The SMILES string of the molecule is COc1cccc(NC(=O)N2CCCC2CC(C)O)c1. The Morgan fingerprint density at radius 1 is 1.60 bits per heavy atom. The predicted octanol–water partition coefficient (Wildman–Crippen LogP) is 2.46. The number of rotatable bonds is 4. The minimum Gasteiger partial charge on any atom is -0.497 e. The highest BCUT2D eigenvalue weighted by Crippen LogP contribution is 2.23. The number of hydrogen-bond donors (Lipinski definition) is 2. The number of hydrogen-bond acceptors (Lipinski definition) is 3. The molecule has 1 aliphatic heterocycles. The molecule has 1 aromatic carbocycles. The van der Waals surface area contributed by atoms with Gasteiger partial charge >= 0.3 is 6.03 Å². The van der Waals surface area contributed by atoms with Crippen LogP contribution in [-0.4, -0.2) is 41.8 Å². The van der Waals surface area contributed by atoms with Crippen LogP contribution in [0, 0.1) is 0 Å². The Morgan fingerprint density at radius 3 is 3.10 bits per heavy atom. The summed E-state index contributed by atoms with van der Waals surface area (Å²) in [5.41, 5.74) is 0.719. The Bertz CT molecular complexity index is 462. The van der Waals surface area contributed by atoms with Gasteiger partial charge < -0.3 is 20.1 Å². The number of methoxy groups -OCH3 is 1. The number of amides is 2. The minimum atomic E-state index is -0.384. The van der Waals surface area contributed by atoms with Crippen molar-refractivity contribution in [2.45, 2.75) is 38.3 Å². The van der Waals surface area contributed by atoms with Gasteiger partial charge in [0.15, 0.2) is 0 Å². The average Bonchev–Trinajstić information content (AvgIpc) is 2.86. The van der Waals surface area contributed by atoms with Gasteiger partial charge in [-0.15, -0.1) is 0 Å². The third-order valence-electron chi connectivity index (χ3n) is 3.57. The predicted molar refractivity (Wildman–Crippen MR) is 78.0 cm³/mol. The molecule has 1 aromatic rings. The van der Waals surface area contributed by atoms with Gasteiger partial charge in [-0.2, -0.15) is 0 Å². The molecule has 5 heteroatoms. The monoisotopic (exact) mass is 278 g/mol. The lowest BCUT2D eigenvalue weighted by Crippen LogP contribution is -2.40. The van der Waals surface area contributed by atoms with Crippen LogP contribution in [0.5, 0.6) is 5.75 Å². The number of aliphatic hydroxyl groups excluding tert-OH is 1. The summed E-state index contributed by atoms with van der Waals surface area (Å²) >= 11 is 0. The van der Waals surface area contributed by atoms with Crippen molar-refractivity contribution >= 4 is 11.7 Å². The Hall–Kier alpha value is -1.75. The first-order chi connectivity index (χ1) is 9.60. The van der Waals surface area contributed by atoms with E-state index in [0.717, 1.165) is 25.1 Å².